The summed E-state index contributed by atoms with van der Waals surface area (Å²) >= 11 is 9.65. The number of hydrogen-bond acceptors (Lipinski definition) is 4. The number of halogens is 2. The SMILES string of the molecule is N=c1c(C(N)=O)cc(Cl)cn1Cc1cc(Cl)ccc1CS(=O)[O-]. The van der Waals surface area contributed by atoms with E-state index in [9.17, 15) is 13.6 Å². The van der Waals surface area contributed by atoms with Crippen LogP contribution >= 0.6 is 23.2 Å². The van der Waals surface area contributed by atoms with E-state index < -0.39 is 17.0 Å². The van der Waals surface area contributed by atoms with Gasteiger partial charge in [-0.1, -0.05) is 40.3 Å². The molecule has 1 unspecified atom stereocenters. The first-order chi connectivity index (χ1) is 10.8. The third kappa shape index (κ3) is 4.42. The number of amides is 1. The van der Waals surface area contributed by atoms with Crippen molar-refractivity contribution < 1.29 is 13.6 Å². The highest BCUT2D eigenvalue weighted by atomic mass is 35.5. The summed E-state index contributed by atoms with van der Waals surface area (Å²) in [4.78, 5) is 11.4. The van der Waals surface area contributed by atoms with Gasteiger partial charge in [-0.3, -0.25) is 14.4 Å². The van der Waals surface area contributed by atoms with Gasteiger partial charge in [0.2, 0.25) is 0 Å². The molecule has 1 aromatic heterocycles. The zero-order valence-electron chi connectivity index (χ0n) is 11.7. The molecule has 0 aliphatic carbocycles. The second kappa shape index (κ2) is 7.27. The number of nitrogens with two attached hydrogens (primary N) is 1. The van der Waals surface area contributed by atoms with Gasteiger partial charge in [0.25, 0.3) is 5.91 Å². The van der Waals surface area contributed by atoms with Gasteiger partial charge in [0.15, 0.2) is 0 Å². The first kappa shape index (κ1) is 17.7. The minimum atomic E-state index is -2.26. The molecule has 0 fully saturated rings. The molecule has 6 nitrogen and oxygen atoms in total. The maximum Gasteiger partial charge on any atom is 0.252 e. The fourth-order valence-electron chi connectivity index (χ4n) is 2.12. The molecule has 0 aliphatic heterocycles. The van der Waals surface area contributed by atoms with Crippen LogP contribution in [0.25, 0.3) is 0 Å². The Kier molecular flexibility index (Phi) is 5.59. The van der Waals surface area contributed by atoms with Crippen LogP contribution < -0.4 is 11.2 Å². The molecule has 122 valence electrons. The van der Waals surface area contributed by atoms with Gasteiger partial charge in [-0.2, -0.15) is 0 Å². The second-order valence-electron chi connectivity index (χ2n) is 4.77. The smallest absolute Gasteiger partial charge is 0.252 e. The third-order valence-electron chi connectivity index (χ3n) is 3.15. The highest BCUT2D eigenvalue weighted by molar-refractivity contribution is 7.78. The first-order valence-corrected chi connectivity index (χ1v) is 8.35. The van der Waals surface area contributed by atoms with E-state index in [1.807, 2.05) is 0 Å². The lowest BCUT2D eigenvalue weighted by atomic mass is 10.1. The van der Waals surface area contributed by atoms with E-state index in [4.69, 9.17) is 34.3 Å². The highest BCUT2D eigenvalue weighted by Gasteiger charge is 2.11. The van der Waals surface area contributed by atoms with Crippen molar-refractivity contribution in [3.8, 4) is 0 Å². The minimum Gasteiger partial charge on any atom is -0.772 e. The van der Waals surface area contributed by atoms with Crippen molar-refractivity contribution in [1.29, 1.82) is 5.41 Å². The van der Waals surface area contributed by atoms with Crippen LogP contribution in [0.1, 0.15) is 21.5 Å². The van der Waals surface area contributed by atoms with E-state index in [2.05, 4.69) is 0 Å². The van der Waals surface area contributed by atoms with E-state index in [-0.39, 0.29) is 28.4 Å². The van der Waals surface area contributed by atoms with Crippen LogP contribution in [0.2, 0.25) is 10.0 Å². The summed E-state index contributed by atoms with van der Waals surface area (Å²) in [7, 11) is 0. The molecule has 1 heterocycles. The molecule has 0 saturated heterocycles. The number of carbonyl (C=O) groups is 1. The van der Waals surface area contributed by atoms with Crippen LogP contribution in [0.5, 0.6) is 0 Å². The van der Waals surface area contributed by atoms with Crippen LogP contribution in [0.4, 0.5) is 0 Å². The van der Waals surface area contributed by atoms with Crippen LogP contribution in [0.3, 0.4) is 0 Å². The molecule has 1 amide bonds. The Morgan fingerprint density at radius 3 is 2.57 bits per heavy atom. The Morgan fingerprint density at radius 2 is 1.96 bits per heavy atom. The van der Waals surface area contributed by atoms with Crippen LogP contribution in [0, 0.1) is 5.41 Å². The maximum atomic E-state index is 11.4. The van der Waals surface area contributed by atoms with Crippen molar-refractivity contribution in [1.82, 2.24) is 4.57 Å². The monoisotopic (exact) mass is 372 g/mol. The molecule has 0 radical (unpaired) electrons. The Balaban J connectivity index is 2.51. The molecule has 1 atom stereocenters. The van der Waals surface area contributed by atoms with E-state index in [0.717, 1.165) is 0 Å². The number of primary amides is 1. The summed E-state index contributed by atoms with van der Waals surface area (Å²) in [5, 5.41) is 8.71. The molecule has 1 aromatic carbocycles. The van der Waals surface area contributed by atoms with Gasteiger partial charge < -0.3 is 14.9 Å². The van der Waals surface area contributed by atoms with E-state index in [1.165, 1.54) is 16.8 Å². The zero-order valence-corrected chi connectivity index (χ0v) is 14.0. The number of pyridine rings is 1. The van der Waals surface area contributed by atoms with Crippen molar-refractivity contribution in [3.63, 3.8) is 0 Å². The van der Waals surface area contributed by atoms with Gasteiger partial charge in [-0.25, -0.2) is 0 Å². The van der Waals surface area contributed by atoms with Gasteiger partial charge in [-0.15, -0.1) is 0 Å². The summed E-state index contributed by atoms with van der Waals surface area (Å²) < 4.78 is 23.3. The van der Waals surface area contributed by atoms with E-state index in [0.29, 0.717) is 16.1 Å². The normalized spacial score (nSPS) is 12.1. The van der Waals surface area contributed by atoms with Crippen LogP contribution in [-0.4, -0.2) is 19.2 Å². The average Bonchev–Trinajstić information content (AvgIpc) is 2.44. The van der Waals surface area contributed by atoms with E-state index in [1.54, 1.807) is 18.2 Å². The Bertz CT molecular complexity index is 852. The quantitative estimate of drug-likeness (QED) is 0.780. The third-order valence-corrected chi connectivity index (χ3v) is 4.14. The summed E-state index contributed by atoms with van der Waals surface area (Å²) in [6, 6.07) is 6.12. The van der Waals surface area contributed by atoms with Crippen molar-refractivity contribution in [2.45, 2.75) is 12.3 Å². The fraction of sp³-hybridized carbons (Fsp3) is 0.143. The van der Waals surface area contributed by atoms with Crippen LogP contribution in [-0.2, 0) is 23.4 Å². The fourth-order valence-corrected chi connectivity index (χ4v) is 3.07. The molecule has 2 rings (SSSR count). The van der Waals surface area contributed by atoms with Crippen molar-refractivity contribution in [2.24, 2.45) is 5.73 Å². The summed E-state index contributed by atoms with van der Waals surface area (Å²) in [5.41, 5.74) is 6.26. The molecule has 0 bridgehead atoms. The van der Waals surface area contributed by atoms with Crippen molar-refractivity contribution in [3.05, 3.63) is 62.7 Å². The molecule has 3 N–H and O–H groups in total. The van der Waals surface area contributed by atoms with E-state index >= 15 is 0 Å². The first-order valence-electron chi connectivity index (χ1n) is 6.35. The van der Waals surface area contributed by atoms with Crippen LogP contribution in [0.15, 0.2) is 30.5 Å². The second-order valence-corrected chi connectivity index (χ2v) is 6.54. The number of nitrogens with one attached hydrogen (secondary N) is 1. The average molecular weight is 373 g/mol. The lowest BCUT2D eigenvalue weighted by Gasteiger charge is -2.15. The lowest BCUT2D eigenvalue weighted by molar-refractivity contribution is 0.0997. The van der Waals surface area contributed by atoms with Crippen molar-refractivity contribution >= 4 is 40.2 Å². The maximum absolute atomic E-state index is 11.4. The van der Waals surface area contributed by atoms with Gasteiger partial charge in [0, 0.05) is 23.5 Å². The molecule has 2 aromatic rings. The number of aromatic nitrogens is 1. The number of nitrogens with zero attached hydrogens (tertiary/aromatic N) is 1. The molecule has 9 heteroatoms. The number of rotatable bonds is 5. The van der Waals surface area contributed by atoms with Gasteiger partial charge in [0.05, 0.1) is 10.6 Å². The summed E-state index contributed by atoms with van der Waals surface area (Å²) in [6.45, 7) is 0.132. The number of hydrogen-bond donors (Lipinski definition) is 2. The predicted molar refractivity (Wildman–Crippen MR) is 87.0 cm³/mol. The topological polar surface area (TPSA) is 112 Å². The summed E-state index contributed by atoms with van der Waals surface area (Å²) in [5.74, 6) is -0.942. The minimum absolute atomic E-state index is 0.0199. The van der Waals surface area contributed by atoms with Gasteiger partial charge in [0.1, 0.15) is 5.49 Å². The lowest BCUT2D eigenvalue weighted by Crippen LogP contribution is -2.30. The molecule has 23 heavy (non-hydrogen) atoms. The molecular formula is C14H12Cl2N3O3S-. The highest BCUT2D eigenvalue weighted by Crippen LogP contribution is 2.19. The number of carbonyl (C=O) groups excluding carboxylic acids is 1. The Morgan fingerprint density at radius 1 is 1.26 bits per heavy atom. The molecular weight excluding hydrogens is 361 g/mol. The molecule has 0 aliphatic rings. The van der Waals surface area contributed by atoms with Gasteiger partial charge in [-0.05, 0) is 29.3 Å². The molecule has 0 spiro atoms. The Labute approximate surface area is 144 Å². The molecule has 0 saturated carbocycles. The largest absolute Gasteiger partial charge is 0.772 e. The van der Waals surface area contributed by atoms with Gasteiger partial charge >= 0.3 is 0 Å². The predicted octanol–water partition coefficient (Wildman–Crippen LogP) is 1.80. The van der Waals surface area contributed by atoms with Crippen molar-refractivity contribution in [2.75, 3.05) is 0 Å². The Hall–Kier alpha value is -1.67. The summed E-state index contributed by atoms with van der Waals surface area (Å²) in [6.07, 6.45) is 1.47. The number of benzene rings is 1. The zero-order chi connectivity index (χ0) is 17.1. The standard InChI is InChI=1S/C14H13Cl2N3O3S/c15-10-2-1-8(7-23(21)22)9(3-10)5-19-6-11(16)4-12(13(19)17)14(18)20/h1-4,6,17H,5,7H2,(H2,18,20)(H,21,22)/p-1.